The Bertz CT molecular complexity index is 1580. The summed E-state index contributed by atoms with van der Waals surface area (Å²) < 4.78 is 0.984. The predicted octanol–water partition coefficient (Wildman–Crippen LogP) is 11.2. The second kappa shape index (κ2) is 18.8. The van der Waals surface area contributed by atoms with Crippen LogP contribution in [0.5, 0.6) is 11.5 Å². The average Bonchev–Trinajstić information content (AvgIpc) is 3.04. The van der Waals surface area contributed by atoms with Crippen molar-refractivity contribution < 1.29 is 26.7 Å². The van der Waals surface area contributed by atoms with Crippen LogP contribution in [0, 0.1) is 0 Å². The Labute approximate surface area is 282 Å². The van der Waals surface area contributed by atoms with E-state index in [4.69, 9.17) is 9.98 Å². The van der Waals surface area contributed by atoms with Crippen LogP contribution in [-0.2, 0) is 48.6 Å². The van der Waals surface area contributed by atoms with Crippen LogP contribution in [0.3, 0.4) is 0 Å². The topological polar surface area (TPSA) is 65.2 Å². The molecule has 0 aliphatic carbocycles. The van der Waals surface area contributed by atoms with E-state index in [1.807, 2.05) is 18.3 Å². The van der Waals surface area contributed by atoms with Crippen molar-refractivity contribution in [1.82, 2.24) is 0 Å². The summed E-state index contributed by atoms with van der Waals surface area (Å²) in [7, 11) is 0. The second-order valence-corrected chi connectivity index (χ2v) is 11.5. The van der Waals surface area contributed by atoms with Crippen LogP contribution in [-0.4, -0.2) is 22.1 Å². The van der Waals surface area contributed by atoms with Gasteiger partial charge in [-0.25, -0.2) is 0 Å². The van der Waals surface area contributed by atoms with Gasteiger partial charge in [0.1, 0.15) is 0 Å². The monoisotopic (exact) mass is 700 g/mol. The molecule has 0 spiro atoms. The Morgan fingerprint density at radius 3 is 1.75 bits per heavy atom. The first kappa shape index (κ1) is 37.2. The van der Waals surface area contributed by atoms with Crippen molar-refractivity contribution in [2.24, 2.45) is 9.98 Å². The zero-order chi connectivity index (χ0) is 31.4. The van der Waals surface area contributed by atoms with Gasteiger partial charge in [-0.1, -0.05) is 72.2 Å². The Morgan fingerprint density at radius 2 is 1.18 bits per heavy atom. The van der Waals surface area contributed by atoms with Gasteiger partial charge in [-0.05, 0) is 125 Å². The molecule has 2 N–H and O–H groups in total. The number of hydrogen-bond acceptors (Lipinski definition) is 4. The number of benzene rings is 4. The molecule has 0 atom stereocenters. The Balaban J connectivity index is 0.000000355. The first-order valence-corrected chi connectivity index (χ1v) is 16.6. The molecule has 0 fully saturated rings. The fourth-order valence-corrected chi connectivity index (χ4v) is 5.96. The summed E-state index contributed by atoms with van der Waals surface area (Å²) >= 11 is 3.51. The number of rotatable bonds is 11. The maximum absolute atomic E-state index is 9.68. The molecule has 0 aliphatic rings. The zero-order valence-electron chi connectivity index (χ0n) is 27.0. The van der Waals surface area contributed by atoms with Crippen LogP contribution >= 0.6 is 15.9 Å². The summed E-state index contributed by atoms with van der Waals surface area (Å²) in [6.45, 7) is 13.1. The third-order valence-corrected chi connectivity index (χ3v) is 8.81. The van der Waals surface area contributed by atoms with Crippen LogP contribution in [0.2, 0.25) is 0 Å². The number of nitrogens with zero attached hydrogens (tertiary/aromatic N) is 2. The molecule has 0 unspecified atom stereocenters. The van der Waals surface area contributed by atoms with Crippen molar-refractivity contribution in [3.8, 4) is 11.5 Å². The third-order valence-electron chi connectivity index (χ3n) is 7.87. The van der Waals surface area contributed by atoms with Crippen molar-refractivity contribution in [3.05, 3.63) is 93.0 Å². The molecular weight excluding hydrogens is 655 g/mol. The molecule has 0 aromatic heterocycles. The molecule has 0 bridgehead atoms. The first-order chi connectivity index (χ1) is 20.8. The van der Waals surface area contributed by atoms with Gasteiger partial charge in [0.25, 0.3) is 0 Å². The van der Waals surface area contributed by atoms with Gasteiger partial charge in [-0.3, -0.25) is 9.98 Å². The molecule has 0 radical (unpaired) electrons. The van der Waals surface area contributed by atoms with Crippen molar-refractivity contribution in [3.63, 3.8) is 0 Å². The number of hydrogen-bond donors (Lipinski definition) is 2. The molecule has 0 aliphatic heterocycles. The largest absolute Gasteiger partial charge is 0.504 e. The molecule has 6 heteroatoms. The van der Waals surface area contributed by atoms with E-state index < -0.39 is 0 Å². The van der Waals surface area contributed by atoms with Gasteiger partial charge in [0.05, 0.1) is 17.1 Å². The standard InChI is InChI=1S/C26H36N2.C12H11BrO2.Ni/c1-6-11-12-26(28-25-16-14-21(8-3)23(10-5)18-25)19-27-24-15-13-20(7-2)22(9-4)17-24;1-2-7-3-4-9-8(11(7)13)5-6-10(14)12(9)15;/h13-19H,6-12H2,1-5H3;3-6,14-15H,2H2,1H3;. The summed E-state index contributed by atoms with van der Waals surface area (Å²) in [6.07, 6.45) is 10.4. The van der Waals surface area contributed by atoms with Gasteiger partial charge >= 0.3 is 0 Å². The molecule has 44 heavy (non-hydrogen) atoms. The van der Waals surface area contributed by atoms with E-state index in [0.29, 0.717) is 5.39 Å². The maximum Gasteiger partial charge on any atom is 0.165 e. The molecule has 4 rings (SSSR count). The Morgan fingerprint density at radius 1 is 0.659 bits per heavy atom. The molecule has 238 valence electrons. The van der Waals surface area contributed by atoms with E-state index in [1.54, 1.807) is 6.07 Å². The summed E-state index contributed by atoms with van der Waals surface area (Å²) in [5.74, 6) is -0.144. The third kappa shape index (κ3) is 9.78. The van der Waals surface area contributed by atoms with Crippen LogP contribution < -0.4 is 0 Å². The van der Waals surface area contributed by atoms with Crippen LogP contribution in [0.15, 0.2) is 75.1 Å². The number of phenolic OH excluding ortho intramolecular Hbond substituents is 2. The molecule has 4 aromatic rings. The SMILES string of the molecule is CCCCC(C=Nc1ccc(CC)c(CC)c1)=Nc1ccc(CC)c(CC)c1.CCc1ccc2c(O)c(O)ccc2c1Br.[Ni]. The first-order valence-electron chi connectivity index (χ1n) is 15.8. The van der Waals surface area contributed by atoms with Crippen molar-refractivity contribution in [2.75, 3.05) is 0 Å². The van der Waals surface area contributed by atoms with Crippen molar-refractivity contribution in [2.45, 2.75) is 92.9 Å². The number of aryl methyl sites for hydroxylation is 5. The molecule has 0 saturated carbocycles. The number of aromatic hydroxyl groups is 2. The summed E-state index contributed by atoms with van der Waals surface area (Å²) in [5, 5.41) is 20.6. The maximum atomic E-state index is 9.68. The smallest absolute Gasteiger partial charge is 0.165 e. The van der Waals surface area contributed by atoms with Gasteiger partial charge < -0.3 is 10.2 Å². The number of fused-ring (bicyclic) bond motifs is 1. The predicted molar refractivity (Wildman–Crippen MR) is 190 cm³/mol. The molecule has 0 heterocycles. The molecule has 4 nitrogen and oxygen atoms in total. The summed E-state index contributed by atoms with van der Waals surface area (Å²) in [6, 6.07) is 20.2. The molecule has 0 amide bonds. The average molecular weight is 702 g/mol. The van der Waals surface area contributed by atoms with E-state index in [1.165, 1.54) is 33.9 Å². The zero-order valence-corrected chi connectivity index (χ0v) is 29.6. The molecule has 0 saturated heterocycles. The van der Waals surface area contributed by atoms with Gasteiger partial charge in [-0.2, -0.15) is 0 Å². The van der Waals surface area contributed by atoms with Crippen LogP contribution in [0.1, 0.15) is 88.6 Å². The molecule has 4 aromatic carbocycles. The van der Waals surface area contributed by atoms with Crippen molar-refractivity contribution >= 4 is 50.0 Å². The number of phenols is 2. The fraction of sp³-hybridized carbons (Fsp3) is 0.368. The Hall–Kier alpha value is -2.95. The number of unbranched alkanes of at least 4 members (excludes halogenated alkanes) is 1. The van der Waals surface area contributed by atoms with E-state index in [9.17, 15) is 10.2 Å². The normalized spacial score (nSPS) is 11.4. The van der Waals surface area contributed by atoms with E-state index in [-0.39, 0.29) is 28.0 Å². The van der Waals surface area contributed by atoms with Gasteiger partial charge in [0, 0.05) is 38.0 Å². The summed E-state index contributed by atoms with van der Waals surface area (Å²) in [5.41, 5.74) is 9.96. The minimum absolute atomic E-state index is 0. The second-order valence-electron chi connectivity index (χ2n) is 10.7. The fourth-order valence-electron chi connectivity index (χ4n) is 5.20. The van der Waals surface area contributed by atoms with E-state index >= 15 is 0 Å². The van der Waals surface area contributed by atoms with Crippen molar-refractivity contribution in [1.29, 1.82) is 0 Å². The minimum atomic E-state index is -0.0846. The van der Waals surface area contributed by atoms with E-state index in [0.717, 1.165) is 78.3 Å². The number of halogens is 1. The van der Waals surface area contributed by atoms with Crippen LogP contribution in [0.25, 0.3) is 10.8 Å². The van der Waals surface area contributed by atoms with Gasteiger partial charge in [0.15, 0.2) is 11.5 Å². The quantitative estimate of drug-likeness (QED) is 0.0928. The van der Waals surface area contributed by atoms with E-state index in [2.05, 4.69) is 93.9 Å². The minimum Gasteiger partial charge on any atom is -0.504 e. The van der Waals surface area contributed by atoms with Gasteiger partial charge in [0.2, 0.25) is 0 Å². The Kier molecular flexibility index (Phi) is 15.9. The van der Waals surface area contributed by atoms with Crippen LogP contribution in [0.4, 0.5) is 11.4 Å². The number of aliphatic imine (C=N–C) groups is 2. The molecular formula is C38H47BrN2NiO2. The van der Waals surface area contributed by atoms with Gasteiger partial charge in [-0.15, -0.1) is 0 Å². The summed E-state index contributed by atoms with van der Waals surface area (Å²) in [4.78, 5) is 9.70.